The van der Waals surface area contributed by atoms with Crippen molar-refractivity contribution in [2.24, 2.45) is 0 Å². The highest BCUT2D eigenvalue weighted by atomic mass is 16.6. The first-order valence-electron chi connectivity index (χ1n) is 6.22. The molecule has 1 amide bonds. The molecule has 2 heterocycles. The van der Waals surface area contributed by atoms with Crippen LogP contribution in [0.3, 0.4) is 0 Å². The lowest BCUT2D eigenvalue weighted by Gasteiger charge is -2.51. The van der Waals surface area contributed by atoms with Crippen molar-refractivity contribution < 1.29 is 14.3 Å². The lowest BCUT2D eigenvalue weighted by Crippen LogP contribution is -2.68. The third kappa shape index (κ3) is 2.72. The third-order valence-corrected chi connectivity index (χ3v) is 3.24. The second kappa shape index (κ2) is 4.46. The number of carbonyl (C=O) groups is 1. The SMILES string of the molecule is CC(C)(C)OC(=O)N1CCC12CNCCOC2. The molecule has 2 fully saturated rings. The van der Waals surface area contributed by atoms with Gasteiger partial charge < -0.3 is 14.8 Å². The van der Waals surface area contributed by atoms with E-state index in [1.807, 2.05) is 20.8 Å². The maximum Gasteiger partial charge on any atom is 0.410 e. The number of hydrogen-bond donors (Lipinski definition) is 1. The normalized spacial score (nSPS) is 29.7. The van der Waals surface area contributed by atoms with Gasteiger partial charge >= 0.3 is 6.09 Å². The van der Waals surface area contributed by atoms with Gasteiger partial charge in [-0.2, -0.15) is 0 Å². The van der Waals surface area contributed by atoms with Gasteiger partial charge in [0.05, 0.1) is 18.8 Å². The molecule has 2 saturated heterocycles. The summed E-state index contributed by atoms with van der Waals surface area (Å²) in [6, 6.07) is 0. The second-order valence-corrected chi connectivity index (χ2v) is 5.84. The van der Waals surface area contributed by atoms with Crippen LogP contribution in [0.1, 0.15) is 27.2 Å². The average Bonchev–Trinajstić information content (AvgIpc) is 2.38. The highest BCUT2D eigenvalue weighted by molar-refractivity contribution is 5.70. The van der Waals surface area contributed by atoms with Crippen molar-refractivity contribution in [3.8, 4) is 0 Å². The minimum absolute atomic E-state index is 0.182. The van der Waals surface area contributed by atoms with E-state index in [4.69, 9.17) is 9.47 Å². The fraction of sp³-hybridized carbons (Fsp3) is 0.917. The Bertz CT molecular complexity index is 291. The van der Waals surface area contributed by atoms with Gasteiger partial charge in [-0.1, -0.05) is 0 Å². The molecule has 0 bridgehead atoms. The van der Waals surface area contributed by atoms with E-state index < -0.39 is 5.60 Å². The maximum absolute atomic E-state index is 12.0. The molecular formula is C12H22N2O3. The van der Waals surface area contributed by atoms with Crippen LogP contribution >= 0.6 is 0 Å². The van der Waals surface area contributed by atoms with E-state index in [0.29, 0.717) is 13.2 Å². The lowest BCUT2D eigenvalue weighted by atomic mass is 9.85. The Morgan fingerprint density at radius 1 is 1.47 bits per heavy atom. The molecule has 0 aromatic carbocycles. The Labute approximate surface area is 102 Å². The van der Waals surface area contributed by atoms with Gasteiger partial charge in [0.1, 0.15) is 5.60 Å². The Kier molecular flexibility index (Phi) is 3.32. The third-order valence-electron chi connectivity index (χ3n) is 3.24. The standard InChI is InChI=1S/C12H22N2O3/c1-11(2,3)17-10(15)14-6-4-12(14)8-13-5-7-16-9-12/h13H,4-9H2,1-3H3. The van der Waals surface area contributed by atoms with Gasteiger partial charge in [0.15, 0.2) is 0 Å². The Morgan fingerprint density at radius 3 is 2.82 bits per heavy atom. The molecule has 0 saturated carbocycles. The number of ether oxygens (including phenoxy) is 2. The summed E-state index contributed by atoms with van der Waals surface area (Å²) in [6.07, 6.45) is 0.759. The summed E-state index contributed by atoms with van der Waals surface area (Å²) >= 11 is 0. The molecule has 17 heavy (non-hydrogen) atoms. The topological polar surface area (TPSA) is 50.8 Å². The second-order valence-electron chi connectivity index (χ2n) is 5.84. The molecule has 1 N–H and O–H groups in total. The van der Waals surface area contributed by atoms with Crippen LogP contribution in [-0.4, -0.2) is 55.0 Å². The lowest BCUT2D eigenvalue weighted by molar-refractivity contribution is -0.0704. The van der Waals surface area contributed by atoms with Crippen LogP contribution < -0.4 is 5.32 Å². The van der Waals surface area contributed by atoms with E-state index in [1.54, 1.807) is 4.90 Å². The van der Waals surface area contributed by atoms with E-state index in [-0.39, 0.29) is 11.6 Å². The highest BCUT2D eigenvalue weighted by Crippen LogP contribution is 2.32. The molecule has 5 nitrogen and oxygen atoms in total. The Balaban J connectivity index is 1.99. The molecule has 5 heteroatoms. The zero-order valence-corrected chi connectivity index (χ0v) is 10.9. The molecule has 1 atom stereocenters. The molecular weight excluding hydrogens is 220 g/mol. The maximum atomic E-state index is 12.0. The number of amides is 1. The molecule has 2 aliphatic heterocycles. The van der Waals surface area contributed by atoms with Crippen LogP contribution in [0.2, 0.25) is 0 Å². The van der Waals surface area contributed by atoms with Crippen molar-refractivity contribution in [1.29, 1.82) is 0 Å². The summed E-state index contributed by atoms with van der Waals surface area (Å²) < 4.78 is 11.0. The van der Waals surface area contributed by atoms with E-state index in [2.05, 4.69) is 5.32 Å². The Hall–Kier alpha value is -0.810. The van der Waals surface area contributed by atoms with Gasteiger partial charge in [0.2, 0.25) is 0 Å². The molecule has 0 radical (unpaired) electrons. The van der Waals surface area contributed by atoms with Crippen LogP contribution in [0.4, 0.5) is 4.79 Å². The summed E-state index contributed by atoms with van der Waals surface area (Å²) in [4.78, 5) is 13.8. The van der Waals surface area contributed by atoms with Crippen molar-refractivity contribution in [2.45, 2.75) is 38.3 Å². The summed E-state index contributed by atoms with van der Waals surface area (Å²) in [5.74, 6) is 0. The molecule has 0 aromatic rings. The van der Waals surface area contributed by atoms with Crippen molar-refractivity contribution in [1.82, 2.24) is 10.2 Å². The smallest absolute Gasteiger partial charge is 0.410 e. The first kappa shape index (κ1) is 12.6. The van der Waals surface area contributed by atoms with Crippen LogP contribution in [-0.2, 0) is 9.47 Å². The van der Waals surface area contributed by atoms with Gasteiger partial charge in [-0.15, -0.1) is 0 Å². The van der Waals surface area contributed by atoms with Crippen LogP contribution in [0.5, 0.6) is 0 Å². The first-order valence-corrected chi connectivity index (χ1v) is 6.22. The summed E-state index contributed by atoms with van der Waals surface area (Å²) in [5, 5.41) is 3.31. The molecule has 2 aliphatic rings. The van der Waals surface area contributed by atoms with Crippen molar-refractivity contribution in [3.05, 3.63) is 0 Å². The number of hydrogen-bond acceptors (Lipinski definition) is 4. The minimum Gasteiger partial charge on any atom is -0.444 e. The molecule has 0 aliphatic carbocycles. The molecule has 2 rings (SSSR count). The highest BCUT2D eigenvalue weighted by Gasteiger charge is 2.49. The van der Waals surface area contributed by atoms with Crippen molar-refractivity contribution >= 4 is 6.09 Å². The van der Waals surface area contributed by atoms with Crippen LogP contribution in [0.25, 0.3) is 0 Å². The Morgan fingerprint density at radius 2 is 2.24 bits per heavy atom. The summed E-state index contributed by atoms with van der Waals surface area (Å²) in [5.41, 5.74) is -0.619. The minimum atomic E-state index is -0.438. The van der Waals surface area contributed by atoms with Gasteiger partial charge in [0.25, 0.3) is 0 Å². The van der Waals surface area contributed by atoms with Crippen molar-refractivity contribution in [3.63, 3.8) is 0 Å². The summed E-state index contributed by atoms with van der Waals surface area (Å²) in [6.45, 7) is 9.40. The zero-order chi connectivity index (χ0) is 12.5. The molecule has 1 spiro atoms. The molecule has 1 unspecified atom stereocenters. The predicted molar refractivity (Wildman–Crippen MR) is 64.0 cm³/mol. The van der Waals surface area contributed by atoms with E-state index >= 15 is 0 Å². The predicted octanol–water partition coefficient (Wildman–Crippen LogP) is 0.986. The zero-order valence-electron chi connectivity index (χ0n) is 10.9. The fourth-order valence-electron chi connectivity index (χ4n) is 2.25. The number of carbonyl (C=O) groups excluding carboxylic acids is 1. The van der Waals surface area contributed by atoms with Crippen LogP contribution in [0.15, 0.2) is 0 Å². The average molecular weight is 242 g/mol. The molecule has 0 aromatic heterocycles. The van der Waals surface area contributed by atoms with E-state index in [0.717, 1.165) is 26.1 Å². The fourth-order valence-corrected chi connectivity index (χ4v) is 2.25. The van der Waals surface area contributed by atoms with Crippen molar-refractivity contribution in [2.75, 3.05) is 32.8 Å². The number of likely N-dealkylation sites (tertiary alicyclic amines) is 1. The molecule has 98 valence electrons. The van der Waals surface area contributed by atoms with Gasteiger partial charge in [-0.25, -0.2) is 4.79 Å². The first-order chi connectivity index (χ1) is 7.93. The van der Waals surface area contributed by atoms with Crippen LogP contribution in [0, 0.1) is 0 Å². The van der Waals surface area contributed by atoms with Gasteiger partial charge in [-0.3, -0.25) is 4.90 Å². The number of nitrogens with zero attached hydrogens (tertiary/aromatic N) is 1. The number of rotatable bonds is 0. The van der Waals surface area contributed by atoms with Gasteiger partial charge in [0, 0.05) is 19.6 Å². The van der Waals surface area contributed by atoms with E-state index in [1.165, 1.54) is 0 Å². The largest absolute Gasteiger partial charge is 0.444 e. The monoisotopic (exact) mass is 242 g/mol. The van der Waals surface area contributed by atoms with E-state index in [9.17, 15) is 4.79 Å². The van der Waals surface area contributed by atoms with Gasteiger partial charge in [-0.05, 0) is 27.2 Å². The quantitative estimate of drug-likeness (QED) is 0.688. The summed E-state index contributed by atoms with van der Waals surface area (Å²) in [7, 11) is 0. The number of nitrogens with one attached hydrogen (secondary N) is 1.